The number of rotatable bonds is 5. The first kappa shape index (κ1) is 17.5. The minimum Gasteiger partial charge on any atom is -0.384 e. The largest absolute Gasteiger partial charge is 0.384 e. The summed E-state index contributed by atoms with van der Waals surface area (Å²) in [5, 5.41) is 0. The number of nitrogen functional groups attached to an aromatic ring is 1. The van der Waals surface area contributed by atoms with E-state index in [1.807, 2.05) is 6.92 Å². The number of quaternary nitrogens is 1. The van der Waals surface area contributed by atoms with Crippen molar-refractivity contribution in [2.45, 2.75) is 39.7 Å². The van der Waals surface area contributed by atoms with Crippen LogP contribution in [0.5, 0.6) is 0 Å². The van der Waals surface area contributed by atoms with E-state index in [1.54, 1.807) is 0 Å². The highest BCUT2D eigenvalue weighted by molar-refractivity contribution is 6.00. The number of likely N-dealkylation sites (tertiary alicyclic amines) is 1. The Morgan fingerprint density at radius 3 is 2.48 bits per heavy atom. The van der Waals surface area contributed by atoms with E-state index in [4.69, 9.17) is 5.73 Å². The molecule has 1 aliphatic heterocycles. The number of anilines is 1. The van der Waals surface area contributed by atoms with Gasteiger partial charge in [-0.15, -0.1) is 0 Å². The molecule has 128 valence electrons. The van der Waals surface area contributed by atoms with Gasteiger partial charge in [0.1, 0.15) is 17.9 Å². The average Bonchev–Trinajstić information content (AvgIpc) is 2.52. The van der Waals surface area contributed by atoms with E-state index in [1.165, 1.54) is 16.5 Å². The maximum absolute atomic E-state index is 12.6. The molecule has 0 aromatic carbocycles. The number of aromatic nitrogens is 2. The normalized spacial score (nSPS) is 21.3. The van der Waals surface area contributed by atoms with Gasteiger partial charge in [-0.05, 0) is 25.2 Å². The summed E-state index contributed by atoms with van der Waals surface area (Å²) in [6.07, 6.45) is 2.88. The average molecular weight is 323 g/mol. The second-order valence-electron chi connectivity index (χ2n) is 6.59. The van der Waals surface area contributed by atoms with Crippen LogP contribution >= 0.6 is 0 Å². The predicted molar refractivity (Wildman–Crippen MR) is 88.9 cm³/mol. The van der Waals surface area contributed by atoms with Gasteiger partial charge < -0.3 is 10.6 Å². The Morgan fingerprint density at radius 1 is 1.30 bits per heavy atom. The summed E-state index contributed by atoms with van der Waals surface area (Å²) in [5.41, 5.74) is 4.90. The van der Waals surface area contributed by atoms with Crippen molar-refractivity contribution in [3.05, 3.63) is 26.4 Å². The van der Waals surface area contributed by atoms with Gasteiger partial charge in [0.15, 0.2) is 0 Å². The molecule has 7 nitrogen and oxygen atoms in total. The van der Waals surface area contributed by atoms with Gasteiger partial charge in [0.25, 0.3) is 5.56 Å². The van der Waals surface area contributed by atoms with Crippen LogP contribution in [0.1, 0.15) is 43.5 Å². The van der Waals surface area contributed by atoms with Crippen LogP contribution in [0, 0.1) is 5.92 Å². The van der Waals surface area contributed by atoms with E-state index < -0.39 is 11.2 Å². The highest BCUT2D eigenvalue weighted by atomic mass is 16.2. The van der Waals surface area contributed by atoms with Crippen LogP contribution in [0.4, 0.5) is 5.82 Å². The van der Waals surface area contributed by atoms with Gasteiger partial charge in [0, 0.05) is 13.6 Å². The van der Waals surface area contributed by atoms with Crippen molar-refractivity contribution in [2.75, 3.05) is 25.4 Å². The van der Waals surface area contributed by atoms with Crippen molar-refractivity contribution in [2.24, 2.45) is 13.0 Å². The zero-order chi connectivity index (χ0) is 17.1. The molecule has 3 N–H and O–H groups in total. The summed E-state index contributed by atoms with van der Waals surface area (Å²) in [4.78, 5) is 38.3. The molecule has 7 heteroatoms. The Labute approximate surface area is 135 Å². The number of hydrogen-bond acceptors (Lipinski definition) is 4. The standard InChI is InChI=1S/C16H26N4O3/c1-4-7-20-14(17)13(15(22)18(3)16(20)23)12(21)10-19-8-5-11(2)6-9-19/h11H,4-10,17H2,1-3H3/p+1. The number of nitrogens with two attached hydrogens (primary N) is 1. The van der Waals surface area contributed by atoms with Crippen LogP contribution in [0.15, 0.2) is 9.59 Å². The lowest BCUT2D eigenvalue weighted by Gasteiger charge is -2.26. The van der Waals surface area contributed by atoms with E-state index in [9.17, 15) is 14.4 Å². The van der Waals surface area contributed by atoms with Crippen LogP contribution in [0.3, 0.4) is 0 Å². The number of carbonyl (C=O) groups is 1. The van der Waals surface area contributed by atoms with E-state index in [0.29, 0.717) is 18.9 Å². The Hall–Kier alpha value is -1.89. The van der Waals surface area contributed by atoms with Gasteiger partial charge in [-0.1, -0.05) is 13.8 Å². The molecule has 1 aliphatic rings. The molecule has 0 aliphatic carbocycles. The number of piperidine rings is 1. The summed E-state index contributed by atoms with van der Waals surface area (Å²) < 4.78 is 2.30. The molecular formula is C16H27N4O3+. The molecule has 0 spiro atoms. The maximum atomic E-state index is 12.6. The third-order valence-electron chi connectivity index (χ3n) is 4.70. The molecule has 2 heterocycles. The topological polar surface area (TPSA) is 91.5 Å². The van der Waals surface area contributed by atoms with E-state index >= 15 is 0 Å². The van der Waals surface area contributed by atoms with Crippen molar-refractivity contribution in [3.8, 4) is 0 Å². The number of Topliss-reactive ketones (excluding diaryl/α,β-unsaturated/α-hetero) is 1. The van der Waals surface area contributed by atoms with Crippen molar-refractivity contribution in [3.63, 3.8) is 0 Å². The third-order valence-corrected chi connectivity index (χ3v) is 4.70. The third kappa shape index (κ3) is 3.55. The monoisotopic (exact) mass is 323 g/mol. The molecule has 2 rings (SSSR count). The molecule has 1 aromatic heterocycles. The van der Waals surface area contributed by atoms with Gasteiger partial charge in [-0.25, -0.2) is 4.79 Å². The zero-order valence-corrected chi connectivity index (χ0v) is 14.2. The highest BCUT2D eigenvalue weighted by Crippen LogP contribution is 2.08. The van der Waals surface area contributed by atoms with Crippen LogP contribution < -0.4 is 21.9 Å². The minimum atomic E-state index is -0.588. The van der Waals surface area contributed by atoms with Gasteiger partial charge in [-0.2, -0.15) is 0 Å². The number of nitrogens with one attached hydrogen (secondary N) is 1. The van der Waals surface area contributed by atoms with Gasteiger partial charge in [-0.3, -0.25) is 18.7 Å². The summed E-state index contributed by atoms with van der Waals surface area (Å²) in [5.74, 6) is 0.436. The molecule has 0 atom stereocenters. The maximum Gasteiger partial charge on any atom is 0.332 e. The fourth-order valence-electron chi connectivity index (χ4n) is 3.15. The first-order valence-electron chi connectivity index (χ1n) is 8.32. The smallest absolute Gasteiger partial charge is 0.332 e. The summed E-state index contributed by atoms with van der Waals surface area (Å²) in [7, 11) is 1.39. The Kier molecular flexibility index (Phi) is 5.41. The summed E-state index contributed by atoms with van der Waals surface area (Å²) >= 11 is 0. The molecule has 0 amide bonds. The SMILES string of the molecule is CCCn1c(N)c(C(=O)C[NH+]2CCC(C)CC2)c(=O)n(C)c1=O. The molecule has 1 fully saturated rings. The zero-order valence-electron chi connectivity index (χ0n) is 14.2. The molecule has 0 unspecified atom stereocenters. The summed E-state index contributed by atoms with van der Waals surface area (Å²) in [6.45, 7) is 6.65. The second kappa shape index (κ2) is 7.12. The lowest BCUT2D eigenvalue weighted by Crippen LogP contribution is -3.13. The fraction of sp³-hybridized carbons (Fsp3) is 0.688. The Bertz CT molecular complexity index is 697. The first-order chi connectivity index (χ1) is 10.9. The number of ketones is 1. The first-order valence-corrected chi connectivity index (χ1v) is 8.32. The van der Waals surface area contributed by atoms with Gasteiger partial charge in [0.05, 0.1) is 13.1 Å². The van der Waals surface area contributed by atoms with E-state index in [2.05, 4.69) is 6.92 Å². The Morgan fingerprint density at radius 2 is 1.91 bits per heavy atom. The van der Waals surface area contributed by atoms with Crippen LogP contribution in [0.25, 0.3) is 0 Å². The molecule has 1 saturated heterocycles. The number of nitrogens with zero attached hydrogens (tertiary/aromatic N) is 2. The predicted octanol–water partition coefficient (Wildman–Crippen LogP) is -0.963. The van der Waals surface area contributed by atoms with Crippen LogP contribution in [0.2, 0.25) is 0 Å². The number of carbonyl (C=O) groups excluding carboxylic acids is 1. The van der Waals surface area contributed by atoms with Crippen LogP contribution in [-0.4, -0.2) is 34.6 Å². The van der Waals surface area contributed by atoms with Crippen LogP contribution in [-0.2, 0) is 13.6 Å². The van der Waals surface area contributed by atoms with Crippen molar-refractivity contribution in [1.29, 1.82) is 0 Å². The van der Waals surface area contributed by atoms with Crippen molar-refractivity contribution in [1.82, 2.24) is 9.13 Å². The van der Waals surface area contributed by atoms with Gasteiger partial charge >= 0.3 is 5.69 Å². The second-order valence-corrected chi connectivity index (χ2v) is 6.59. The van der Waals surface area contributed by atoms with E-state index in [-0.39, 0.29) is 23.7 Å². The van der Waals surface area contributed by atoms with E-state index in [0.717, 1.165) is 30.5 Å². The molecule has 0 saturated carbocycles. The van der Waals surface area contributed by atoms with Crippen molar-refractivity contribution < 1.29 is 9.69 Å². The quantitative estimate of drug-likeness (QED) is 0.683. The molecule has 0 bridgehead atoms. The molecule has 23 heavy (non-hydrogen) atoms. The number of hydrogen-bond donors (Lipinski definition) is 2. The molecular weight excluding hydrogens is 296 g/mol. The minimum absolute atomic E-state index is 0.00901. The fourth-order valence-corrected chi connectivity index (χ4v) is 3.15. The lowest BCUT2D eigenvalue weighted by molar-refractivity contribution is -0.897. The molecule has 1 aromatic rings. The lowest BCUT2D eigenvalue weighted by atomic mass is 9.99. The summed E-state index contributed by atoms with van der Waals surface area (Å²) in [6, 6.07) is 0. The Balaban J connectivity index is 2.33. The van der Waals surface area contributed by atoms with Crippen molar-refractivity contribution >= 4 is 11.6 Å². The van der Waals surface area contributed by atoms with Gasteiger partial charge in [0.2, 0.25) is 5.78 Å². The highest BCUT2D eigenvalue weighted by Gasteiger charge is 2.26. The molecule has 0 radical (unpaired) electrons.